The highest BCUT2D eigenvalue weighted by Crippen LogP contribution is 2.04. The molecule has 0 spiro atoms. The second-order valence-corrected chi connectivity index (χ2v) is 3.14. The van der Waals surface area contributed by atoms with Crippen molar-refractivity contribution in [2.24, 2.45) is 0 Å². The summed E-state index contributed by atoms with van der Waals surface area (Å²) in [5, 5.41) is 8.92. The Morgan fingerprint density at radius 3 is 3.06 bits per heavy atom. The first-order chi connectivity index (χ1) is 7.77. The quantitative estimate of drug-likeness (QED) is 0.806. The maximum atomic E-state index is 13.2. The molecule has 16 heavy (non-hydrogen) atoms. The van der Waals surface area contributed by atoms with Crippen LogP contribution in [-0.4, -0.2) is 21.1 Å². The van der Waals surface area contributed by atoms with E-state index in [1.165, 1.54) is 12.3 Å². The first kappa shape index (κ1) is 10.3. The van der Waals surface area contributed by atoms with Crippen molar-refractivity contribution in [2.45, 2.75) is 6.54 Å². The molecule has 6 heteroatoms. The Morgan fingerprint density at radius 2 is 2.38 bits per heavy atom. The number of halogens is 1. The van der Waals surface area contributed by atoms with E-state index < -0.39 is 11.7 Å². The minimum Gasteiger partial charge on any atom is -0.348 e. The number of amides is 1. The fraction of sp³-hybridized carbons (Fsp3) is 0.100. The van der Waals surface area contributed by atoms with Crippen molar-refractivity contribution in [1.29, 1.82) is 0 Å². The molecule has 0 fully saturated rings. The summed E-state index contributed by atoms with van der Waals surface area (Å²) < 4.78 is 13.2. The Hall–Kier alpha value is -2.24. The Morgan fingerprint density at radius 1 is 1.50 bits per heavy atom. The fourth-order valence-electron chi connectivity index (χ4n) is 1.21. The zero-order valence-electron chi connectivity index (χ0n) is 8.27. The van der Waals surface area contributed by atoms with Gasteiger partial charge in [-0.3, -0.25) is 14.9 Å². The molecule has 2 heterocycles. The molecule has 0 bridgehead atoms. The number of aromatic amines is 1. The molecule has 0 aliphatic rings. The number of nitrogens with one attached hydrogen (secondary N) is 2. The normalized spacial score (nSPS) is 10.1. The lowest BCUT2D eigenvalue weighted by Crippen LogP contribution is -2.23. The summed E-state index contributed by atoms with van der Waals surface area (Å²) in [4.78, 5) is 15.1. The van der Waals surface area contributed by atoms with Gasteiger partial charge in [0.2, 0.25) is 0 Å². The molecule has 0 aliphatic heterocycles. The second kappa shape index (κ2) is 4.52. The molecular formula is C10H9FN4O. The fourth-order valence-corrected chi connectivity index (χ4v) is 1.21. The van der Waals surface area contributed by atoms with Gasteiger partial charge in [-0.25, -0.2) is 4.39 Å². The summed E-state index contributed by atoms with van der Waals surface area (Å²) in [6.07, 6.45) is 5.62. The van der Waals surface area contributed by atoms with Crippen molar-refractivity contribution in [1.82, 2.24) is 20.5 Å². The van der Waals surface area contributed by atoms with E-state index in [9.17, 15) is 9.18 Å². The molecular weight excluding hydrogens is 211 g/mol. The summed E-state index contributed by atoms with van der Waals surface area (Å²) in [5.74, 6) is -1.10. The van der Waals surface area contributed by atoms with Crippen LogP contribution in [0, 0.1) is 5.82 Å². The zero-order chi connectivity index (χ0) is 11.4. The highest BCUT2D eigenvalue weighted by Gasteiger charge is 2.10. The van der Waals surface area contributed by atoms with E-state index in [4.69, 9.17) is 0 Å². The molecule has 0 saturated heterocycles. The average molecular weight is 220 g/mol. The molecule has 2 N–H and O–H groups in total. The summed E-state index contributed by atoms with van der Waals surface area (Å²) in [6.45, 7) is 0.303. The van der Waals surface area contributed by atoms with Crippen LogP contribution in [0.1, 0.15) is 15.9 Å². The van der Waals surface area contributed by atoms with Crippen LogP contribution in [0.2, 0.25) is 0 Å². The predicted molar refractivity (Wildman–Crippen MR) is 54.0 cm³/mol. The predicted octanol–water partition coefficient (Wildman–Crippen LogP) is 0.874. The minimum atomic E-state index is -0.632. The van der Waals surface area contributed by atoms with Crippen molar-refractivity contribution < 1.29 is 9.18 Å². The van der Waals surface area contributed by atoms with Gasteiger partial charge in [0.15, 0.2) is 5.82 Å². The van der Waals surface area contributed by atoms with Crippen LogP contribution in [0.5, 0.6) is 0 Å². The third-order valence-corrected chi connectivity index (χ3v) is 2.02. The lowest BCUT2D eigenvalue weighted by atomic mass is 10.2. The monoisotopic (exact) mass is 220 g/mol. The van der Waals surface area contributed by atoms with Crippen LogP contribution in [0.25, 0.3) is 0 Å². The molecule has 0 radical (unpaired) electrons. The third kappa shape index (κ3) is 2.22. The molecule has 0 aromatic carbocycles. The van der Waals surface area contributed by atoms with E-state index in [1.807, 2.05) is 0 Å². The highest BCUT2D eigenvalue weighted by atomic mass is 19.1. The van der Waals surface area contributed by atoms with Crippen LogP contribution < -0.4 is 5.32 Å². The van der Waals surface area contributed by atoms with E-state index in [-0.39, 0.29) is 5.56 Å². The average Bonchev–Trinajstić information content (AvgIpc) is 2.79. The molecule has 5 nitrogen and oxygen atoms in total. The number of aromatic nitrogens is 3. The third-order valence-electron chi connectivity index (χ3n) is 2.02. The molecule has 0 aliphatic carbocycles. The number of carbonyl (C=O) groups excluding carboxylic acids is 1. The van der Waals surface area contributed by atoms with Crippen molar-refractivity contribution in [3.8, 4) is 0 Å². The molecule has 0 saturated carbocycles. The van der Waals surface area contributed by atoms with Gasteiger partial charge in [0.05, 0.1) is 18.0 Å². The number of hydrogen-bond donors (Lipinski definition) is 2. The number of hydrogen-bond acceptors (Lipinski definition) is 3. The summed E-state index contributed by atoms with van der Waals surface area (Å²) >= 11 is 0. The topological polar surface area (TPSA) is 70.7 Å². The molecule has 2 rings (SSSR count). The van der Waals surface area contributed by atoms with Crippen LogP contribution >= 0.6 is 0 Å². The van der Waals surface area contributed by atoms with Crippen molar-refractivity contribution >= 4 is 5.91 Å². The number of carbonyl (C=O) groups is 1. The van der Waals surface area contributed by atoms with Gasteiger partial charge >= 0.3 is 0 Å². The van der Waals surface area contributed by atoms with E-state index in [1.54, 1.807) is 12.4 Å². The number of rotatable bonds is 3. The maximum absolute atomic E-state index is 13.2. The van der Waals surface area contributed by atoms with Gasteiger partial charge < -0.3 is 5.32 Å². The summed E-state index contributed by atoms with van der Waals surface area (Å²) in [5.41, 5.74) is 0.807. The zero-order valence-corrected chi connectivity index (χ0v) is 8.27. The second-order valence-electron chi connectivity index (χ2n) is 3.14. The molecule has 82 valence electrons. The molecule has 2 aromatic rings. The van der Waals surface area contributed by atoms with Crippen molar-refractivity contribution in [2.75, 3.05) is 0 Å². The Bertz CT molecular complexity index is 483. The van der Waals surface area contributed by atoms with Gasteiger partial charge in [0.25, 0.3) is 5.91 Å². The van der Waals surface area contributed by atoms with E-state index in [0.29, 0.717) is 6.54 Å². The summed E-state index contributed by atoms with van der Waals surface area (Å²) in [7, 11) is 0. The van der Waals surface area contributed by atoms with Gasteiger partial charge in [-0.1, -0.05) is 0 Å². The van der Waals surface area contributed by atoms with Crippen molar-refractivity contribution in [3.63, 3.8) is 0 Å². The van der Waals surface area contributed by atoms with Gasteiger partial charge in [-0.2, -0.15) is 5.10 Å². The maximum Gasteiger partial charge on any atom is 0.254 e. The lowest BCUT2D eigenvalue weighted by Gasteiger charge is -2.03. The Balaban J connectivity index is 2.01. The molecule has 2 aromatic heterocycles. The number of nitrogens with zero attached hydrogens (tertiary/aromatic N) is 2. The molecule has 1 amide bonds. The van der Waals surface area contributed by atoms with Crippen LogP contribution in [0.4, 0.5) is 4.39 Å². The van der Waals surface area contributed by atoms with Crippen LogP contribution in [0.15, 0.2) is 30.9 Å². The largest absolute Gasteiger partial charge is 0.348 e. The van der Waals surface area contributed by atoms with Gasteiger partial charge in [0, 0.05) is 24.5 Å². The molecule has 0 unspecified atom stereocenters. The van der Waals surface area contributed by atoms with Gasteiger partial charge in [-0.15, -0.1) is 0 Å². The smallest absolute Gasteiger partial charge is 0.254 e. The van der Waals surface area contributed by atoms with Crippen LogP contribution in [0.3, 0.4) is 0 Å². The first-order valence-corrected chi connectivity index (χ1v) is 4.63. The minimum absolute atomic E-state index is 0.0153. The van der Waals surface area contributed by atoms with E-state index >= 15 is 0 Å². The SMILES string of the molecule is O=C(NCc1cn[nH]c1)c1ccncc1F. The van der Waals surface area contributed by atoms with E-state index in [2.05, 4.69) is 20.5 Å². The highest BCUT2D eigenvalue weighted by molar-refractivity contribution is 5.94. The van der Waals surface area contributed by atoms with Gasteiger partial charge in [0.1, 0.15) is 0 Å². The first-order valence-electron chi connectivity index (χ1n) is 4.63. The van der Waals surface area contributed by atoms with Gasteiger partial charge in [-0.05, 0) is 6.07 Å². The lowest BCUT2D eigenvalue weighted by molar-refractivity contribution is 0.0946. The van der Waals surface area contributed by atoms with Crippen molar-refractivity contribution in [3.05, 3.63) is 47.8 Å². The standard InChI is InChI=1S/C10H9FN4O/c11-9-6-12-2-1-8(9)10(16)13-3-7-4-14-15-5-7/h1-2,4-6H,3H2,(H,13,16)(H,14,15). The number of pyridine rings is 1. The Labute approximate surface area is 90.7 Å². The molecule has 0 atom stereocenters. The summed E-state index contributed by atoms with van der Waals surface area (Å²) in [6, 6.07) is 1.33. The van der Waals surface area contributed by atoms with E-state index in [0.717, 1.165) is 11.8 Å². The Kier molecular flexibility index (Phi) is 2.90. The number of H-pyrrole nitrogens is 1. The van der Waals surface area contributed by atoms with Crippen LogP contribution in [-0.2, 0) is 6.54 Å².